The van der Waals surface area contributed by atoms with E-state index in [0.717, 1.165) is 37.1 Å². The minimum Gasteiger partial charge on any atom is -0.482 e. The Labute approximate surface area is 274 Å². The Kier molecular flexibility index (Phi) is 9.12. The molecule has 0 aliphatic carbocycles. The number of aromatic nitrogens is 3. The standard InChI is InChI=1S/C32H31Cl2F2N7O3/c1-18(29-24(33)4-5-25(35)30(29)34)46-27-12-20(14-38-31(27)37)21-15-39-43(17-21)22-6-9-41(10-7-22)16-19-2-3-23(13-26(19)36)42-11-8-28(44)40-32(42)45/h2-5,12-15,17-18,22H,6-11,16H2,1H3,(H2,37,38)(H,40,44,45)/t18-/m1/s1. The lowest BCUT2D eigenvalue weighted by Gasteiger charge is -2.32. The molecule has 0 radical (unpaired) electrons. The molecule has 3 N–H and O–H groups in total. The summed E-state index contributed by atoms with van der Waals surface area (Å²) in [7, 11) is 0. The Morgan fingerprint density at radius 3 is 2.57 bits per heavy atom. The van der Waals surface area contributed by atoms with Crippen molar-refractivity contribution in [3.05, 3.63) is 87.8 Å². The second kappa shape index (κ2) is 13.2. The van der Waals surface area contributed by atoms with Gasteiger partial charge in [-0.1, -0.05) is 29.3 Å². The number of likely N-dealkylation sites (tertiary alicyclic amines) is 1. The molecule has 2 aliphatic rings. The first-order valence-corrected chi connectivity index (χ1v) is 15.5. The number of imide groups is 1. The van der Waals surface area contributed by atoms with E-state index in [-0.39, 0.29) is 40.8 Å². The minimum absolute atomic E-state index is 0.110. The predicted octanol–water partition coefficient (Wildman–Crippen LogP) is 6.54. The van der Waals surface area contributed by atoms with Crippen LogP contribution in [0.4, 0.5) is 25.1 Å². The van der Waals surface area contributed by atoms with E-state index in [2.05, 4.69) is 20.3 Å². The molecule has 2 saturated heterocycles. The van der Waals surface area contributed by atoms with Crippen molar-refractivity contribution in [2.45, 2.75) is 44.9 Å². The Balaban J connectivity index is 1.07. The lowest BCUT2D eigenvalue weighted by Crippen LogP contribution is -2.49. The zero-order chi connectivity index (χ0) is 32.5. The number of urea groups is 1. The number of carbonyl (C=O) groups excluding carboxylic acids is 2. The van der Waals surface area contributed by atoms with Crippen LogP contribution in [0.5, 0.6) is 5.75 Å². The van der Waals surface area contributed by atoms with Crippen LogP contribution in [0.25, 0.3) is 11.1 Å². The van der Waals surface area contributed by atoms with Crippen molar-refractivity contribution in [3.63, 3.8) is 0 Å². The zero-order valence-corrected chi connectivity index (χ0v) is 26.4. The van der Waals surface area contributed by atoms with Crippen molar-refractivity contribution >= 4 is 46.6 Å². The number of piperidine rings is 1. The lowest BCUT2D eigenvalue weighted by molar-refractivity contribution is -0.120. The number of nitrogen functional groups attached to an aromatic ring is 1. The normalized spacial score (nSPS) is 16.8. The number of nitrogens with two attached hydrogens (primary N) is 1. The van der Waals surface area contributed by atoms with E-state index in [9.17, 15) is 14.0 Å². The molecule has 240 valence electrons. The molecule has 3 amide bonds. The summed E-state index contributed by atoms with van der Waals surface area (Å²) in [6.07, 6.45) is 6.46. The smallest absolute Gasteiger partial charge is 0.328 e. The van der Waals surface area contributed by atoms with E-state index in [1.165, 1.54) is 23.1 Å². The molecule has 6 rings (SSSR count). The van der Waals surface area contributed by atoms with Gasteiger partial charge in [0.05, 0.1) is 17.3 Å². The van der Waals surface area contributed by atoms with Gasteiger partial charge in [-0.05, 0) is 50.1 Å². The fourth-order valence-electron chi connectivity index (χ4n) is 5.78. The van der Waals surface area contributed by atoms with E-state index in [4.69, 9.17) is 33.7 Å². The first-order valence-electron chi connectivity index (χ1n) is 14.8. The third-order valence-electron chi connectivity index (χ3n) is 8.33. The summed E-state index contributed by atoms with van der Waals surface area (Å²) in [6.45, 7) is 3.87. The first-order chi connectivity index (χ1) is 22.1. The van der Waals surface area contributed by atoms with Gasteiger partial charge >= 0.3 is 6.03 Å². The summed E-state index contributed by atoms with van der Waals surface area (Å²) >= 11 is 12.4. The Morgan fingerprint density at radius 1 is 1.04 bits per heavy atom. The van der Waals surface area contributed by atoms with Crippen LogP contribution in [0.15, 0.2) is 55.0 Å². The number of nitrogens with zero attached hydrogens (tertiary/aromatic N) is 5. The number of benzene rings is 2. The van der Waals surface area contributed by atoms with Gasteiger partial charge in [-0.15, -0.1) is 0 Å². The molecule has 2 aromatic heterocycles. The molecule has 10 nitrogen and oxygen atoms in total. The van der Waals surface area contributed by atoms with Crippen LogP contribution >= 0.6 is 23.2 Å². The number of hydrogen-bond donors (Lipinski definition) is 2. The van der Waals surface area contributed by atoms with Gasteiger partial charge in [0.25, 0.3) is 0 Å². The number of halogens is 4. The van der Waals surface area contributed by atoms with Crippen LogP contribution in [-0.4, -0.2) is 51.2 Å². The molecule has 4 heterocycles. The van der Waals surface area contributed by atoms with Gasteiger partial charge in [-0.3, -0.25) is 24.6 Å². The SMILES string of the molecule is C[C@@H](Oc1cc(-c2cnn(C3CCN(Cc4ccc(N5CCC(=O)NC5=O)cc4F)CC3)c2)cnc1N)c1c(Cl)ccc(F)c1Cl. The summed E-state index contributed by atoms with van der Waals surface area (Å²) in [5.74, 6) is -0.852. The molecular weight excluding hydrogens is 639 g/mol. The first kappa shape index (κ1) is 31.7. The highest BCUT2D eigenvalue weighted by atomic mass is 35.5. The summed E-state index contributed by atoms with van der Waals surface area (Å²) in [5.41, 5.74) is 8.94. The van der Waals surface area contributed by atoms with E-state index in [1.807, 2.05) is 10.9 Å². The average Bonchev–Trinajstić information content (AvgIpc) is 3.52. The quantitative estimate of drug-likeness (QED) is 0.205. The van der Waals surface area contributed by atoms with Crippen LogP contribution in [-0.2, 0) is 11.3 Å². The molecule has 14 heteroatoms. The van der Waals surface area contributed by atoms with Crippen LogP contribution < -0.4 is 20.7 Å². The van der Waals surface area contributed by atoms with Crippen molar-refractivity contribution < 1.29 is 23.1 Å². The van der Waals surface area contributed by atoms with E-state index >= 15 is 4.39 Å². The number of anilines is 2. The molecular formula is C32H31Cl2F2N7O3. The van der Waals surface area contributed by atoms with Crippen molar-refractivity contribution in [1.82, 2.24) is 25.0 Å². The van der Waals surface area contributed by atoms with Gasteiger partial charge in [0.15, 0.2) is 11.6 Å². The summed E-state index contributed by atoms with van der Waals surface area (Å²) in [4.78, 5) is 31.4. The second-order valence-corrected chi connectivity index (χ2v) is 12.2. The van der Waals surface area contributed by atoms with Crippen molar-refractivity contribution in [2.24, 2.45) is 0 Å². The molecule has 2 fully saturated rings. The van der Waals surface area contributed by atoms with Gasteiger partial charge in [-0.2, -0.15) is 5.10 Å². The van der Waals surface area contributed by atoms with Crippen molar-refractivity contribution in [3.8, 4) is 16.9 Å². The molecule has 2 aliphatic heterocycles. The fourth-order valence-corrected chi connectivity index (χ4v) is 6.46. The van der Waals surface area contributed by atoms with Crippen LogP contribution in [0.1, 0.15) is 49.5 Å². The Hall–Kier alpha value is -4.26. The van der Waals surface area contributed by atoms with E-state index in [1.54, 1.807) is 37.5 Å². The van der Waals surface area contributed by atoms with E-state index < -0.39 is 23.8 Å². The fraction of sp³-hybridized carbons (Fsp3) is 0.312. The highest BCUT2D eigenvalue weighted by Crippen LogP contribution is 2.37. The minimum atomic E-state index is -0.697. The maximum absolute atomic E-state index is 15.0. The maximum atomic E-state index is 15.0. The molecule has 0 unspecified atom stereocenters. The topological polar surface area (TPSA) is 119 Å². The van der Waals surface area contributed by atoms with E-state index in [0.29, 0.717) is 29.1 Å². The number of hydrogen-bond acceptors (Lipinski definition) is 7. The van der Waals surface area contributed by atoms with Crippen molar-refractivity contribution in [2.75, 3.05) is 30.3 Å². The average molecular weight is 671 g/mol. The van der Waals surface area contributed by atoms with Crippen LogP contribution in [0.2, 0.25) is 10.0 Å². The number of pyridine rings is 1. The monoisotopic (exact) mass is 669 g/mol. The predicted molar refractivity (Wildman–Crippen MR) is 171 cm³/mol. The Morgan fingerprint density at radius 2 is 1.83 bits per heavy atom. The molecule has 0 spiro atoms. The van der Waals surface area contributed by atoms with Crippen LogP contribution in [0, 0.1) is 11.6 Å². The zero-order valence-electron chi connectivity index (χ0n) is 24.9. The largest absolute Gasteiger partial charge is 0.482 e. The highest BCUT2D eigenvalue weighted by molar-refractivity contribution is 6.36. The number of ether oxygens (including phenoxy) is 1. The summed E-state index contributed by atoms with van der Waals surface area (Å²) < 4.78 is 37.1. The summed E-state index contributed by atoms with van der Waals surface area (Å²) in [6, 6.07) is 8.74. The molecule has 4 aromatic rings. The van der Waals surface area contributed by atoms with Gasteiger partial charge in [0.2, 0.25) is 5.91 Å². The molecule has 0 bridgehead atoms. The number of carbonyl (C=O) groups is 2. The highest BCUT2D eigenvalue weighted by Gasteiger charge is 2.26. The third-order valence-corrected chi connectivity index (χ3v) is 9.05. The molecule has 2 aromatic carbocycles. The molecule has 1 atom stereocenters. The number of amides is 3. The van der Waals surface area contributed by atoms with Gasteiger partial charge < -0.3 is 10.5 Å². The maximum Gasteiger partial charge on any atom is 0.328 e. The number of rotatable bonds is 8. The number of nitrogens with one attached hydrogen (secondary N) is 1. The molecule has 46 heavy (non-hydrogen) atoms. The van der Waals surface area contributed by atoms with Crippen molar-refractivity contribution in [1.29, 1.82) is 0 Å². The lowest BCUT2D eigenvalue weighted by atomic mass is 10.0. The van der Waals surface area contributed by atoms with Crippen LogP contribution in [0.3, 0.4) is 0 Å². The van der Waals surface area contributed by atoms with Gasteiger partial charge in [0, 0.05) is 78.0 Å². The Bertz CT molecular complexity index is 1800. The van der Waals surface area contributed by atoms with Gasteiger partial charge in [0.1, 0.15) is 17.7 Å². The van der Waals surface area contributed by atoms with Gasteiger partial charge in [-0.25, -0.2) is 18.6 Å². The molecule has 0 saturated carbocycles. The second-order valence-electron chi connectivity index (χ2n) is 11.4. The third kappa shape index (κ3) is 6.64. The summed E-state index contributed by atoms with van der Waals surface area (Å²) in [5, 5.41) is 7.02.